The fraction of sp³-hybridized carbons (Fsp3) is 0.556. The summed E-state index contributed by atoms with van der Waals surface area (Å²) in [4.78, 5) is 2.92. The zero-order valence-corrected chi connectivity index (χ0v) is 8.89. The van der Waals surface area contributed by atoms with E-state index in [4.69, 9.17) is 0 Å². The van der Waals surface area contributed by atoms with E-state index in [0.29, 0.717) is 0 Å². The van der Waals surface area contributed by atoms with Crippen molar-refractivity contribution in [1.29, 1.82) is 0 Å². The second kappa shape index (κ2) is 4.17. The first-order valence-corrected chi connectivity index (χ1v) is 5.72. The number of hydrogen-bond donors (Lipinski definition) is 0. The van der Waals surface area contributed by atoms with Gasteiger partial charge in [-0.15, -0.1) is 11.3 Å². The minimum Gasteiger partial charge on any atom is -0.154 e. The smallest absolute Gasteiger partial charge is 0.0281 e. The van der Waals surface area contributed by atoms with Gasteiger partial charge in [0, 0.05) is 15.5 Å². The van der Waals surface area contributed by atoms with E-state index in [1.165, 1.54) is 15.5 Å². The average molecular weight is 186 g/mol. The van der Waals surface area contributed by atoms with Gasteiger partial charge in [-0.05, 0) is 24.3 Å². The molecule has 0 fully saturated rings. The van der Waals surface area contributed by atoms with Crippen LogP contribution in [0.4, 0.5) is 0 Å². The fourth-order valence-electron chi connectivity index (χ4n) is 0.811. The molecule has 0 saturated heterocycles. The van der Waals surface area contributed by atoms with Gasteiger partial charge in [-0.3, -0.25) is 0 Å². The van der Waals surface area contributed by atoms with Crippen LogP contribution in [0.2, 0.25) is 0 Å². The van der Waals surface area contributed by atoms with E-state index in [0.717, 1.165) is 5.25 Å². The van der Waals surface area contributed by atoms with E-state index in [2.05, 4.69) is 32.9 Å². The van der Waals surface area contributed by atoms with Crippen molar-refractivity contribution >= 4 is 23.1 Å². The van der Waals surface area contributed by atoms with Crippen LogP contribution >= 0.6 is 23.1 Å². The van der Waals surface area contributed by atoms with Crippen LogP contribution in [0.1, 0.15) is 23.6 Å². The van der Waals surface area contributed by atoms with Crippen LogP contribution in [-0.2, 0) is 5.75 Å². The summed E-state index contributed by atoms with van der Waals surface area (Å²) in [6.45, 7) is 6.64. The summed E-state index contributed by atoms with van der Waals surface area (Å²) in [6.07, 6.45) is 0. The SMILES string of the molecule is Cc1ccc(CSC(C)C)s1. The Balaban J connectivity index is 2.39. The second-order valence-electron chi connectivity index (χ2n) is 2.87. The van der Waals surface area contributed by atoms with Gasteiger partial charge in [0.2, 0.25) is 0 Å². The summed E-state index contributed by atoms with van der Waals surface area (Å²) in [5.41, 5.74) is 0. The third-order valence-electron chi connectivity index (χ3n) is 1.35. The number of thiophene rings is 1. The molecule has 0 spiro atoms. The van der Waals surface area contributed by atoms with Gasteiger partial charge in [-0.25, -0.2) is 0 Å². The number of aryl methyl sites for hydroxylation is 1. The highest BCUT2D eigenvalue weighted by atomic mass is 32.2. The van der Waals surface area contributed by atoms with Crippen LogP contribution in [0.15, 0.2) is 12.1 Å². The average Bonchev–Trinajstić information content (AvgIpc) is 2.31. The van der Waals surface area contributed by atoms with Gasteiger partial charge in [0.05, 0.1) is 0 Å². The van der Waals surface area contributed by atoms with Crippen molar-refractivity contribution in [2.45, 2.75) is 31.8 Å². The molecule has 1 rings (SSSR count). The predicted molar refractivity (Wildman–Crippen MR) is 55.5 cm³/mol. The molecule has 0 nitrogen and oxygen atoms in total. The van der Waals surface area contributed by atoms with Crippen LogP contribution < -0.4 is 0 Å². The van der Waals surface area contributed by atoms with Crippen LogP contribution in [0, 0.1) is 6.92 Å². The van der Waals surface area contributed by atoms with Gasteiger partial charge in [0.15, 0.2) is 0 Å². The Bertz CT molecular complexity index is 213. The molecule has 1 heterocycles. The normalized spacial score (nSPS) is 10.9. The highest BCUT2D eigenvalue weighted by molar-refractivity contribution is 7.99. The maximum Gasteiger partial charge on any atom is 0.0281 e. The molecule has 62 valence electrons. The first-order valence-electron chi connectivity index (χ1n) is 3.85. The molecule has 0 aromatic carbocycles. The number of rotatable bonds is 3. The lowest BCUT2D eigenvalue weighted by Crippen LogP contribution is -1.85. The lowest BCUT2D eigenvalue weighted by molar-refractivity contribution is 1.11. The molecule has 0 radical (unpaired) electrons. The molecule has 0 aliphatic carbocycles. The van der Waals surface area contributed by atoms with E-state index in [-0.39, 0.29) is 0 Å². The fourth-order valence-corrected chi connectivity index (χ4v) is 2.53. The van der Waals surface area contributed by atoms with Crippen molar-refractivity contribution in [2.24, 2.45) is 0 Å². The van der Waals surface area contributed by atoms with Crippen LogP contribution in [-0.4, -0.2) is 5.25 Å². The summed E-state index contributed by atoms with van der Waals surface area (Å²) in [7, 11) is 0. The highest BCUT2D eigenvalue weighted by Crippen LogP contribution is 2.22. The summed E-state index contributed by atoms with van der Waals surface area (Å²) < 4.78 is 0. The molecular weight excluding hydrogens is 172 g/mol. The maximum atomic E-state index is 2.24. The van der Waals surface area contributed by atoms with Crippen molar-refractivity contribution in [1.82, 2.24) is 0 Å². The molecule has 0 bridgehead atoms. The van der Waals surface area contributed by atoms with Gasteiger partial charge in [-0.2, -0.15) is 11.8 Å². The third-order valence-corrected chi connectivity index (χ3v) is 3.68. The number of hydrogen-bond acceptors (Lipinski definition) is 2. The van der Waals surface area contributed by atoms with E-state index < -0.39 is 0 Å². The van der Waals surface area contributed by atoms with Crippen LogP contribution in [0.5, 0.6) is 0 Å². The molecule has 2 heteroatoms. The van der Waals surface area contributed by atoms with Crippen LogP contribution in [0.25, 0.3) is 0 Å². The van der Waals surface area contributed by atoms with Crippen molar-refractivity contribution < 1.29 is 0 Å². The van der Waals surface area contributed by atoms with E-state index in [1.807, 2.05) is 23.1 Å². The Kier molecular flexibility index (Phi) is 3.46. The minimum atomic E-state index is 0.748. The largest absolute Gasteiger partial charge is 0.154 e. The third kappa shape index (κ3) is 3.30. The topological polar surface area (TPSA) is 0 Å². The van der Waals surface area contributed by atoms with Gasteiger partial charge in [0.25, 0.3) is 0 Å². The quantitative estimate of drug-likeness (QED) is 0.693. The molecule has 1 aromatic heterocycles. The van der Waals surface area contributed by atoms with Crippen molar-refractivity contribution in [3.05, 3.63) is 21.9 Å². The molecule has 0 aliphatic rings. The molecular formula is C9H14S2. The summed E-state index contributed by atoms with van der Waals surface area (Å²) >= 11 is 3.92. The Morgan fingerprint density at radius 1 is 1.45 bits per heavy atom. The second-order valence-corrected chi connectivity index (χ2v) is 5.81. The van der Waals surface area contributed by atoms with E-state index in [1.54, 1.807) is 0 Å². The zero-order valence-electron chi connectivity index (χ0n) is 7.26. The minimum absolute atomic E-state index is 0.748. The summed E-state index contributed by atoms with van der Waals surface area (Å²) in [5.74, 6) is 1.18. The van der Waals surface area contributed by atoms with Crippen molar-refractivity contribution in [2.75, 3.05) is 0 Å². The monoisotopic (exact) mass is 186 g/mol. The standard InChI is InChI=1S/C9H14S2/c1-7(2)10-6-9-5-4-8(3)11-9/h4-5,7H,6H2,1-3H3. The highest BCUT2D eigenvalue weighted by Gasteiger charge is 1.98. The molecule has 1 aromatic rings. The molecule has 0 atom stereocenters. The van der Waals surface area contributed by atoms with Gasteiger partial charge in [0.1, 0.15) is 0 Å². The molecule has 0 unspecified atom stereocenters. The van der Waals surface area contributed by atoms with Crippen molar-refractivity contribution in [3.63, 3.8) is 0 Å². The van der Waals surface area contributed by atoms with E-state index in [9.17, 15) is 0 Å². The number of thioether (sulfide) groups is 1. The van der Waals surface area contributed by atoms with E-state index >= 15 is 0 Å². The Morgan fingerprint density at radius 2 is 2.18 bits per heavy atom. The first kappa shape index (κ1) is 9.14. The maximum absolute atomic E-state index is 2.24. The Hall–Kier alpha value is 0.0500. The van der Waals surface area contributed by atoms with Crippen LogP contribution in [0.3, 0.4) is 0 Å². The molecule has 0 amide bonds. The summed E-state index contributed by atoms with van der Waals surface area (Å²) in [5, 5.41) is 0.748. The summed E-state index contributed by atoms with van der Waals surface area (Å²) in [6, 6.07) is 4.43. The lowest BCUT2D eigenvalue weighted by atomic mass is 10.5. The predicted octanol–water partition coefficient (Wildman–Crippen LogP) is 3.70. The van der Waals surface area contributed by atoms with Gasteiger partial charge >= 0.3 is 0 Å². The molecule has 0 N–H and O–H groups in total. The van der Waals surface area contributed by atoms with Gasteiger partial charge in [-0.1, -0.05) is 13.8 Å². The molecule has 0 saturated carbocycles. The lowest BCUT2D eigenvalue weighted by Gasteiger charge is -2.00. The van der Waals surface area contributed by atoms with Gasteiger partial charge < -0.3 is 0 Å². The Labute approximate surface area is 77.0 Å². The Morgan fingerprint density at radius 3 is 2.64 bits per heavy atom. The molecule has 11 heavy (non-hydrogen) atoms. The zero-order chi connectivity index (χ0) is 8.27. The molecule has 0 aliphatic heterocycles. The van der Waals surface area contributed by atoms with Crippen molar-refractivity contribution in [3.8, 4) is 0 Å². The first-order chi connectivity index (χ1) is 5.18.